The van der Waals surface area contributed by atoms with Crippen molar-refractivity contribution in [3.63, 3.8) is 0 Å². The molecule has 71 heavy (non-hydrogen) atoms. The third-order valence-corrected chi connectivity index (χ3v) is 13.8. The Balaban J connectivity index is 1.67. The molecular weight excluding hydrogens is 941 g/mol. The van der Waals surface area contributed by atoms with E-state index in [1.807, 2.05) is 39.6 Å². The number of nitrogens with one attached hydrogen (secondary N) is 6. The van der Waals surface area contributed by atoms with Crippen LogP contribution in [0.4, 0.5) is 10.5 Å². The number of primary amides is 1. The van der Waals surface area contributed by atoms with Crippen molar-refractivity contribution in [2.75, 3.05) is 52.3 Å². The van der Waals surface area contributed by atoms with Gasteiger partial charge < -0.3 is 42.0 Å². The van der Waals surface area contributed by atoms with E-state index >= 15 is 0 Å². The van der Waals surface area contributed by atoms with Crippen molar-refractivity contribution in [1.29, 1.82) is 0 Å². The smallest absolute Gasteiger partial charge is 0.312 e. The summed E-state index contributed by atoms with van der Waals surface area (Å²) in [5, 5.41) is 13.4. The highest BCUT2D eigenvalue weighted by atomic mass is 32.2. The number of imide groups is 1. The molecule has 1 aromatic rings. The van der Waals surface area contributed by atoms with E-state index in [2.05, 4.69) is 31.3 Å². The average Bonchev–Trinajstić information content (AvgIpc) is 3.63. The molecule has 1 fully saturated rings. The van der Waals surface area contributed by atoms with Crippen LogP contribution >= 0.6 is 0 Å². The SMILES string of the molecule is CC[C@H](C)[C@H](NC(=O)[C@H]1CCCCN1C)C(=O)N(C)[C@H](/C=C(\C)C(=O)NS(=O)(=O)c1ccc(NC(=O)[C@H](CCCNC(N)=O)NC(=O)[C@@H](NC(=O)CCOCCN2C(=O)C=CC2=O)C(C)C)cc1)C(C)C. The molecule has 1 saturated heterocycles. The summed E-state index contributed by atoms with van der Waals surface area (Å²) in [7, 11) is -0.970. The molecule has 0 unspecified atom stereocenters. The Morgan fingerprint density at radius 1 is 0.887 bits per heavy atom. The van der Waals surface area contributed by atoms with Crippen molar-refractivity contribution >= 4 is 69.0 Å². The van der Waals surface area contributed by atoms with Crippen molar-refractivity contribution in [1.82, 2.24) is 40.7 Å². The van der Waals surface area contributed by atoms with E-state index in [0.29, 0.717) is 12.8 Å². The molecule has 0 spiro atoms. The van der Waals surface area contributed by atoms with Gasteiger partial charge in [0.2, 0.25) is 29.5 Å². The molecule has 0 aromatic heterocycles. The summed E-state index contributed by atoms with van der Waals surface area (Å²) in [6, 6.07) is 0.0364. The molecule has 22 nitrogen and oxygen atoms in total. The van der Waals surface area contributed by atoms with Crippen LogP contribution in [0, 0.1) is 17.8 Å². The van der Waals surface area contributed by atoms with Crippen molar-refractivity contribution in [2.45, 2.75) is 129 Å². The van der Waals surface area contributed by atoms with Gasteiger partial charge in [-0.25, -0.2) is 17.9 Å². The third-order valence-electron chi connectivity index (χ3n) is 12.5. The minimum absolute atomic E-state index is 0.000293. The molecule has 8 N–H and O–H groups in total. The van der Waals surface area contributed by atoms with E-state index in [1.54, 1.807) is 20.9 Å². The number of carbonyl (C=O) groups is 9. The number of anilines is 1. The normalized spacial score (nSPS) is 17.5. The summed E-state index contributed by atoms with van der Waals surface area (Å²) in [4.78, 5) is 120. The lowest BCUT2D eigenvalue weighted by Gasteiger charge is -2.36. The number of sulfonamides is 1. The van der Waals surface area contributed by atoms with Crippen LogP contribution in [0.1, 0.15) is 93.4 Å². The number of likely N-dealkylation sites (tertiary alicyclic amines) is 1. The highest BCUT2D eigenvalue weighted by Gasteiger charge is 2.36. The molecule has 394 valence electrons. The first kappa shape index (κ1) is 59.1. The summed E-state index contributed by atoms with van der Waals surface area (Å²) in [6.45, 7) is 13.2. The molecule has 2 aliphatic heterocycles. The fourth-order valence-electron chi connectivity index (χ4n) is 7.90. The van der Waals surface area contributed by atoms with E-state index in [1.165, 1.54) is 42.2 Å². The van der Waals surface area contributed by atoms with Crippen LogP contribution in [0.3, 0.4) is 0 Å². The van der Waals surface area contributed by atoms with Crippen LogP contribution < -0.4 is 37.0 Å². The molecule has 2 heterocycles. The number of piperidine rings is 1. The van der Waals surface area contributed by atoms with Gasteiger partial charge in [-0.1, -0.05) is 60.5 Å². The molecule has 6 atom stereocenters. The van der Waals surface area contributed by atoms with Crippen molar-refractivity contribution in [3.8, 4) is 0 Å². The first-order valence-electron chi connectivity index (χ1n) is 24.1. The fraction of sp³-hybridized carbons (Fsp3) is 0.604. The van der Waals surface area contributed by atoms with Crippen LogP contribution in [0.2, 0.25) is 0 Å². The van der Waals surface area contributed by atoms with Crippen LogP contribution in [0.15, 0.2) is 53.0 Å². The predicted octanol–water partition coefficient (Wildman–Crippen LogP) is 1.28. The van der Waals surface area contributed by atoms with Gasteiger partial charge in [0.15, 0.2) is 0 Å². The Bertz CT molecular complexity index is 2230. The highest BCUT2D eigenvalue weighted by molar-refractivity contribution is 7.90. The third kappa shape index (κ3) is 18.2. The predicted molar refractivity (Wildman–Crippen MR) is 264 cm³/mol. The Labute approximate surface area is 417 Å². The molecule has 1 aromatic carbocycles. The lowest BCUT2D eigenvalue weighted by atomic mass is 9.94. The number of ether oxygens (including phenoxy) is 1. The summed E-state index contributed by atoms with van der Waals surface area (Å²) < 4.78 is 34.4. The second-order valence-corrected chi connectivity index (χ2v) is 20.3. The topological polar surface area (TPSA) is 305 Å². The zero-order valence-corrected chi connectivity index (χ0v) is 43.2. The lowest BCUT2D eigenvalue weighted by Crippen LogP contribution is -2.57. The van der Waals surface area contributed by atoms with E-state index < -0.39 is 81.6 Å². The molecule has 0 saturated carbocycles. The first-order valence-corrected chi connectivity index (χ1v) is 25.5. The highest BCUT2D eigenvalue weighted by Crippen LogP contribution is 2.21. The van der Waals surface area contributed by atoms with Crippen LogP contribution in [-0.4, -0.2) is 154 Å². The summed E-state index contributed by atoms with van der Waals surface area (Å²) >= 11 is 0. The second-order valence-electron chi connectivity index (χ2n) is 18.7. The minimum Gasteiger partial charge on any atom is -0.379 e. The van der Waals surface area contributed by atoms with Crippen molar-refractivity contribution in [3.05, 3.63) is 48.1 Å². The summed E-state index contributed by atoms with van der Waals surface area (Å²) in [5.74, 6) is -5.16. The van der Waals surface area contributed by atoms with Gasteiger partial charge in [0.05, 0.1) is 36.7 Å². The average molecular weight is 1020 g/mol. The molecule has 0 radical (unpaired) electrons. The van der Waals surface area contributed by atoms with E-state index in [-0.39, 0.29) is 91.4 Å². The number of hydrogen-bond acceptors (Lipinski definition) is 13. The molecule has 2 aliphatic rings. The number of benzene rings is 1. The number of hydrogen-bond donors (Lipinski definition) is 7. The fourth-order valence-corrected chi connectivity index (χ4v) is 8.92. The van der Waals surface area contributed by atoms with Crippen LogP contribution in [-0.2, 0) is 53.1 Å². The van der Waals surface area contributed by atoms with Gasteiger partial charge in [-0.05, 0) is 88.2 Å². The first-order chi connectivity index (χ1) is 33.4. The molecule has 10 amide bonds. The van der Waals surface area contributed by atoms with Crippen molar-refractivity contribution < 1.29 is 56.3 Å². The summed E-state index contributed by atoms with van der Waals surface area (Å²) in [5.41, 5.74) is 5.34. The number of amides is 10. The maximum atomic E-state index is 14.1. The van der Waals surface area contributed by atoms with Gasteiger partial charge in [0.1, 0.15) is 18.1 Å². The largest absolute Gasteiger partial charge is 0.379 e. The zero-order chi connectivity index (χ0) is 53.2. The monoisotopic (exact) mass is 1010 g/mol. The number of nitrogens with two attached hydrogens (primary N) is 1. The number of urea groups is 1. The minimum atomic E-state index is -4.46. The maximum Gasteiger partial charge on any atom is 0.312 e. The summed E-state index contributed by atoms with van der Waals surface area (Å²) in [6.07, 6.45) is 7.12. The quantitative estimate of drug-likeness (QED) is 0.0372. The van der Waals surface area contributed by atoms with Crippen molar-refractivity contribution in [2.24, 2.45) is 23.5 Å². The molecule has 0 aliphatic carbocycles. The van der Waals surface area contributed by atoms with Gasteiger partial charge >= 0.3 is 6.03 Å². The van der Waals surface area contributed by atoms with Gasteiger partial charge in [-0.15, -0.1) is 0 Å². The number of nitrogens with zero attached hydrogens (tertiary/aromatic N) is 3. The Morgan fingerprint density at radius 2 is 1.54 bits per heavy atom. The molecule has 0 bridgehead atoms. The maximum absolute atomic E-state index is 14.1. The Kier molecular flexibility index (Phi) is 23.3. The van der Waals surface area contributed by atoms with Gasteiger partial charge in [-0.2, -0.15) is 0 Å². The molecule has 3 rings (SSSR count). The number of carbonyl (C=O) groups excluding carboxylic acids is 9. The lowest BCUT2D eigenvalue weighted by molar-refractivity contribution is -0.140. The second kappa shape index (κ2) is 28.0. The van der Waals surface area contributed by atoms with Gasteiger partial charge in [-0.3, -0.25) is 48.2 Å². The van der Waals surface area contributed by atoms with Gasteiger partial charge in [0.25, 0.3) is 27.7 Å². The molecular formula is C48H74N10O12S. The number of rotatable bonds is 27. The van der Waals surface area contributed by atoms with Gasteiger partial charge in [0, 0.05) is 43.4 Å². The Hall–Kier alpha value is -6.20. The number of likely N-dealkylation sites (N-methyl/N-ethyl adjacent to an activating group) is 2. The van der Waals surface area contributed by atoms with Crippen LogP contribution in [0.25, 0.3) is 0 Å². The van der Waals surface area contributed by atoms with E-state index in [9.17, 15) is 51.6 Å². The van der Waals surface area contributed by atoms with E-state index in [0.717, 1.165) is 36.4 Å². The Morgan fingerprint density at radius 3 is 2.11 bits per heavy atom. The standard InChI is InChI=1S/C48H74N10O12S/c1-10-31(6)42(54-45(64)36-15-11-12-24-56(36)8)47(66)57(9)37(29(2)3)28-32(7)43(62)55-71(68,69)34-18-16-33(17-19-34)51-44(63)35(14-13-23-50-48(49)67)52-46(65)41(30(4)5)53-38(59)22-26-70-27-25-58-39(60)20-21-40(58)61/h16-21,28-31,35-37,41-42H,10-15,22-27H2,1-9H3,(H,51,63)(H,52,65)(H,53,59)(H,54,64)(H,55,62)(H3,49,50,67)/b32-28+/t31-,35-,36+,37+,41-,42-/m0/s1. The zero-order valence-electron chi connectivity index (χ0n) is 42.4. The van der Waals surface area contributed by atoms with E-state index in [4.69, 9.17) is 10.5 Å². The molecule has 23 heteroatoms. The van der Waals surface area contributed by atoms with Crippen LogP contribution in [0.5, 0.6) is 0 Å².